The first kappa shape index (κ1) is 14.2. The molecule has 0 aliphatic carbocycles. The normalized spacial score (nSPS) is 9.40. The Morgan fingerprint density at radius 1 is 1.27 bits per heavy atom. The first-order chi connectivity index (χ1) is 7.11. The second-order valence-corrected chi connectivity index (χ2v) is 3.55. The summed E-state index contributed by atoms with van der Waals surface area (Å²) in [5, 5.41) is 0. The fourth-order valence-corrected chi connectivity index (χ4v) is 1.40. The third kappa shape index (κ3) is 7.14. The van der Waals surface area contributed by atoms with Gasteiger partial charge in [-0.3, -0.25) is 4.98 Å². The van der Waals surface area contributed by atoms with Crippen LogP contribution in [0.2, 0.25) is 0 Å². The molecule has 0 aliphatic rings. The van der Waals surface area contributed by atoms with E-state index in [1.165, 1.54) is 18.4 Å². The van der Waals surface area contributed by atoms with E-state index < -0.39 is 8.25 Å². The highest BCUT2D eigenvalue weighted by molar-refractivity contribution is 7.30. The molecule has 0 saturated carbocycles. The summed E-state index contributed by atoms with van der Waals surface area (Å²) in [5.74, 6) is 0.720. The van der Waals surface area contributed by atoms with Crippen LogP contribution >= 0.6 is 8.25 Å². The van der Waals surface area contributed by atoms with Crippen molar-refractivity contribution in [1.82, 2.24) is 4.98 Å². The van der Waals surface area contributed by atoms with E-state index in [1.54, 1.807) is 0 Å². The second kappa shape index (κ2) is 8.48. The van der Waals surface area contributed by atoms with Crippen LogP contribution in [0.1, 0.15) is 38.2 Å². The largest absolute Gasteiger partial charge is 0.692 e. The Bertz CT molecular complexity index is 271. The molecule has 1 aromatic rings. The predicted molar refractivity (Wildman–Crippen MR) is 59.6 cm³/mol. The maximum atomic E-state index is 8.70. The van der Waals surface area contributed by atoms with Crippen LogP contribution in [0.3, 0.4) is 0 Å². The highest BCUT2D eigenvalue weighted by Gasteiger charge is 2.04. The smallest absolute Gasteiger partial charge is 0.265 e. The van der Waals surface area contributed by atoms with Crippen molar-refractivity contribution in [2.45, 2.75) is 32.6 Å². The molecule has 0 amide bonds. The summed E-state index contributed by atoms with van der Waals surface area (Å²) in [7, 11) is -2.87. The predicted octanol–water partition coefficient (Wildman–Crippen LogP) is 2.61. The Labute approximate surface area is 90.9 Å². The third-order valence-corrected chi connectivity index (χ3v) is 2.16. The second-order valence-electron chi connectivity index (χ2n) is 3.05. The van der Waals surface area contributed by atoms with E-state index in [0.29, 0.717) is 0 Å². The first-order valence-corrected chi connectivity index (χ1v) is 6.03. The zero-order valence-corrected chi connectivity index (χ0v) is 9.89. The SMILES string of the molecule is CCC(CC)c1ccncc1.O=[P+](O)O. The molecule has 4 nitrogen and oxygen atoms in total. The molecule has 0 atom stereocenters. The highest BCUT2D eigenvalue weighted by atomic mass is 31.1. The fourth-order valence-electron chi connectivity index (χ4n) is 1.40. The average molecular weight is 230 g/mol. The van der Waals surface area contributed by atoms with Gasteiger partial charge in [-0.15, -0.1) is 9.79 Å². The summed E-state index contributed by atoms with van der Waals surface area (Å²) in [4.78, 5) is 18.2. The number of aromatic nitrogens is 1. The lowest BCUT2D eigenvalue weighted by molar-refractivity contribution is 0.405. The molecule has 1 rings (SSSR count). The van der Waals surface area contributed by atoms with Gasteiger partial charge in [-0.05, 0) is 36.5 Å². The molecule has 2 N–H and O–H groups in total. The van der Waals surface area contributed by atoms with E-state index >= 15 is 0 Å². The molecule has 0 spiro atoms. The van der Waals surface area contributed by atoms with Crippen molar-refractivity contribution in [2.75, 3.05) is 0 Å². The van der Waals surface area contributed by atoms with Crippen molar-refractivity contribution in [3.05, 3.63) is 30.1 Å². The van der Waals surface area contributed by atoms with E-state index in [0.717, 1.165) is 5.92 Å². The molecule has 84 valence electrons. The number of hydrogen-bond acceptors (Lipinski definition) is 2. The quantitative estimate of drug-likeness (QED) is 0.783. The van der Waals surface area contributed by atoms with Gasteiger partial charge in [-0.25, -0.2) is 0 Å². The van der Waals surface area contributed by atoms with Gasteiger partial charge in [0.1, 0.15) is 0 Å². The van der Waals surface area contributed by atoms with Crippen molar-refractivity contribution >= 4 is 8.25 Å². The molecule has 5 heteroatoms. The maximum Gasteiger partial charge on any atom is 0.692 e. The summed E-state index contributed by atoms with van der Waals surface area (Å²) < 4.78 is 8.70. The fraction of sp³-hybridized carbons (Fsp3) is 0.500. The monoisotopic (exact) mass is 230 g/mol. The van der Waals surface area contributed by atoms with Gasteiger partial charge in [0.2, 0.25) is 0 Å². The minimum atomic E-state index is -2.87. The molecule has 0 fully saturated rings. The summed E-state index contributed by atoms with van der Waals surface area (Å²) in [6, 6.07) is 4.22. The lowest BCUT2D eigenvalue weighted by Crippen LogP contribution is -1.94. The molecular formula is C10H17NO3P+. The van der Waals surface area contributed by atoms with Crippen molar-refractivity contribution in [1.29, 1.82) is 0 Å². The van der Waals surface area contributed by atoms with Gasteiger partial charge < -0.3 is 0 Å². The molecule has 0 bridgehead atoms. The zero-order chi connectivity index (χ0) is 11.7. The molecule has 1 heterocycles. The summed E-state index contributed by atoms with van der Waals surface area (Å²) in [6.07, 6.45) is 6.18. The zero-order valence-electron chi connectivity index (χ0n) is 9.00. The van der Waals surface area contributed by atoms with Gasteiger partial charge in [0.25, 0.3) is 0 Å². The molecule has 1 aromatic heterocycles. The van der Waals surface area contributed by atoms with Crippen LogP contribution in [0, 0.1) is 0 Å². The average Bonchev–Trinajstić information content (AvgIpc) is 2.20. The van der Waals surface area contributed by atoms with Crippen molar-refractivity contribution in [3.8, 4) is 0 Å². The van der Waals surface area contributed by atoms with Gasteiger partial charge in [-0.1, -0.05) is 13.8 Å². The van der Waals surface area contributed by atoms with E-state index in [-0.39, 0.29) is 0 Å². The first-order valence-electron chi connectivity index (χ1n) is 4.86. The highest BCUT2D eigenvalue weighted by Crippen LogP contribution is 2.21. The van der Waals surface area contributed by atoms with Gasteiger partial charge in [0.05, 0.1) is 0 Å². The molecule has 15 heavy (non-hydrogen) atoms. The summed E-state index contributed by atoms with van der Waals surface area (Å²) in [5.41, 5.74) is 1.42. The Hall–Kier alpha value is -0.830. The van der Waals surface area contributed by atoms with Gasteiger partial charge in [-0.2, -0.15) is 0 Å². The van der Waals surface area contributed by atoms with E-state index in [1.807, 2.05) is 12.4 Å². The van der Waals surface area contributed by atoms with Crippen LogP contribution in [-0.2, 0) is 4.57 Å². The Kier molecular flexibility index (Phi) is 8.01. The lowest BCUT2D eigenvalue weighted by atomic mass is 9.95. The standard InChI is InChI=1S/C10H15N.HO3P/c1-3-9(4-2)10-5-7-11-8-6-10;1-4(2)3/h5-9H,3-4H2,1-2H3;(H-,1,2,3)/p+1. The summed E-state index contributed by atoms with van der Waals surface area (Å²) in [6.45, 7) is 4.46. The van der Waals surface area contributed by atoms with Crippen molar-refractivity contribution in [2.24, 2.45) is 0 Å². The number of rotatable bonds is 3. The van der Waals surface area contributed by atoms with Gasteiger partial charge in [0.15, 0.2) is 0 Å². The van der Waals surface area contributed by atoms with Crippen LogP contribution in [0.4, 0.5) is 0 Å². The molecule has 0 aliphatic heterocycles. The van der Waals surface area contributed by atoms with E-state index in [2.05, 4.69) is 31.0 Å². The molecular weight excluding hydrogens is 213 g/mol. The van der Waals surface area contributed by atoms with Crippen LogP contribution in [0.5, 0.6) is 0 Å². The molecule has 0 saturated heterocycles. The molecule has 0 aromatic carbocycles. The minimum absolute atomic E-state index is 0.720. The van der Waals surface area contributed by atoms with Crippen LogP contribution < -0.4 is 0 Å². The molecule has 0 unspecified atom stereocenters. The van der Waals surface area contributed by atoms with Crippen molar-refractivity contribution < 1.29 is 14.4 Å². The Morgan fingerprint density at radius 3 is 2.00 bits per heavy atom. The Balaban J connectivity index is 0.000000423. The van der Waals surface area contributed by atoms with Crippen molar-refractivity contribution in [3.63, 3.8) is 0 Å². The third-order valence-electron chi connectivity index (χ3n) is 2.16. The van der Waals surface area contributed by atoms with Crippen LogP contribution in [0.25, 0.3) is 0 Å². The van der Waals surface area contributed by atoms with E-state index in [4.69, 9.17) is 14.4 Å². The topological polar surface area (TPSA) is 70.4 Å². The number of nitrogens with zero attached hydrogens (tertiary/aromatic N) is 1. The van der Waals surface area contributed by atoms with E-state index in [9.17, 15) is 0 Å². The Morgan fingerprint density at radius 2 is 1.67 bits per heavy atom. The van der Waals surface area contributed by atoms with Crippen LogP contribution in [-0.4, -0.2) is 14.8 Å². The van der Waals surface area contributed by atoms with Crippen LogP contribution in [0.15, 0.2) is 24.5 Å². The lowest BCUT2D eigenvalue weighted by Gasteiger charge is -2.11. The maximum absolute atomic E-state index is 8.70. The minimum Gasteiger partial charge on any atom is -0.265 e. The number of pyridine rings is 1. The van der Waals surface area contributed by atoms with Gasteiger partial charge >= 0.3 is 8.25 Å². The summed E-state index contributed by atoms with van der Waals surface area (Å²) >= 11 is 0. The number of hydrogen-bond donors (Lipinski definition) is 2. The molecule has 0 radical (unpaired) electrons. The van der Waals surface area contributed by atoms with Gasteiger partial charge in [0, 0.05) is 17.0 Å².